The summed E-state index contributed by atoms with van der Waals surface area (Å²) >= 11 is 0. The van der Waals surface area contributed by atoms with Gasteiger partial charge in [-0.2, -0.15) is 0 Å². The normalized spacial score (nSPS) is 18.5. The molecule has 2 aliphatic rings. The van der Waals surface area contributed by atoms with Crippen LogP contribution in [-0.2, 0) is 19.5 Å². The van der Waals surface area contributed by atoms with E-state index in [-0.39, 0.29) is 12.4 Å². The Balaban J connectivity index is 0.00000205. The molecule has 0 aliphatic carbocycles. The first-order valence-corrected chi connectivity index (χ1v) is 10.9. The van der Waals surface area contributed by atoms with Crippen LogP contribution in [0.15, 0.2) is 60.7 Å². The molecular weight excluding hydrogens is 378 g/mol. The molecule has 0 unspecified atom stereocenters. The molecule has 3 heterocycles. The first-order valence-electron chi connectivity index (χ1n) is 10.9. The Morgan fingerprint density at radius 1 is 0.759 bits per heavy atom. The molecule has 0 N–H and O–H groups in total. The van der Waals surface area contributed by atoms with Crippen LogP contribution in [0, 0.1) is 5.92 Å². The lowest BCUT2D eigenvalue weighted by molar-refractivity contribution is 0.143. The van der Waals surface area contributed by atoms with Gasteiger partial charge in [0.05, 0.1) is 0 Å². The zero-order valence-corrected chi connectivity index (χ0v) is 18.0. The van der Waals surface area contributed by atoms with E-state index in [1.165, 1.54) is 74.1 Å². The monoisotopic (exact) mass is 409 g/mol. The molecule has 0 amide bonds. The summed E-state index contributed by atoms with van der Waals surface area (Å²) in [6.45, 7) is 8.36. The number of hydrogen-bond acceptors (Lipinski definition) is 2. The molecule has 1 fully saturated rings. The van der Waals surface area contributed by atoms with Gasteiger partial charge in [-0.25, -0.2) is 0 Å². The highest BCUT2D eigenvalue weighted by molar-refractivity contribution is 5.85. The summed E-state index contributed by atoms with van der Waals surface area (Å²) < 4.78 is 2.51. The molecule has 0 spiro atoms. The second-order valence-electron chi connectivity index (χ2n) is 8.60. The number of fused-ring (bicyclic) bond motifs is 3. The summed E-state index contributed by atoms with van der Waals surface area (Å²) in [6, 6.07) is 22.2. The molecule has 29 heavy (non-hydrogen) atoms. The van der Waals surface area contributed by atoms with E-state index < -0.39 is 0 Å². The predicted molar refractivity (Wildman–Crippen MR) is 124 cm³/mol. The molecule has 2 aliphatic heterocycles. The van der Waals surface area contributed by atoms with E-state index in [2.05, 4.69) is 75.0 Å². The van der Waals surface area contributed by atoms with E-state index in [4.69, 9.17) is 0 Å². The van der Waals surface area contributed by atoms with Gasteiger partial charge in [0.25, 0.3) is 0 Å². The van der Waals surface area contributed by atoms with E-state index in [9.17, 15) is 0 Å². The third-order valence-corrected chi connectivity index (χ3v) is 6.73. The second kappa shape index (κ2) is 9.34. The van der Waals surface area contributed by atoms with E-state index in [0.717, 1.165) is 19.0 Å². The van der Waals surface area contributed by atoms with Crippen molar-refractivity contribution in [3.05, 3.63) is 71.9 Å². The van der Waals surface area contributed by atoms with Gasteiger partial charge in [0.15, 0.2) is 0 Å². The van der Waals surface area contributed by atoms with E-state index >= 15 is 0 Å². The molecule has 154 valence electrons. The third kappa shape index (κ3) is 4.69. The number of nitrogens with zero attached hydrogens (tertiary/aromatic N) is 3. The maximum Gasteiger partial charge on any atom is 0.0483 e. The van der Waals surface area contributed by atoms with Crippen molar-refractivity contribution in [1.29, 1.82) is 0 Å². The number of halogens is 1. The standard InChI is InChI=1S/C25H31N3.ClH/c1-2-6-21(7-3-1)18-22-10-12-26(13-11-22)14-15-27-16-17-28-24(20-27)19-23-8-4-5-9-25(23)28;/h1-9,19,22H,10-18,20H2;1H. The summed E-state index contributed by atoms with van der Waals surface area (Å²) in [7, 11) is 0. The van der Waals surface area contributed by atoms with Crippen LogP contribution in [0.3, 0.4) is 0 Å². The zero-order valence-electron chi connectivity index (χ0n) is 17.2. The average molecular weight is 410 g/mol. The van der Waals surface area contributed by atoms with Crippen molar-refractivity contribution >= 4 is 23.3 Å². The highest BCUT2D eigenvalue weighted by Gasteiger charge is 2.22. The number of rotatable bonds is 5. The van der Waals surface area contributed by atoms with Gasteiger partial charge < -0.3 is 9.47 Å². The lowest BCUT2D eigenvalue weighted by Crippen LogP contribution is -2.42. The van der Waals surface area contributed by atoms with E-state index in [0.29, 0.717) is 0 Å². The zero-order chi connectivity index (χ0) is 18.8. The number of hydrogen-bond donors (Lipinski definition) is 0. The van der Waals surface area contributed by atoms with Crippen LogP contribution in [-0.4, -0.2) is 47.1 Å². The maximum absolute atomic E-state index is 2.69. The van der Waals surface area contributed by atoms with E-state index in [1.807, 2.05) is 0 Å². The van der Waals surface area contributed by atoms with Crippen LogP contribution >= 0.6 is 12.4 Å². The van der Waals surface area contributed by atoms with Crippen LogP contribution in [0.4, 0.5) is 0 Å². The Morgan fingerprint density at radius 2 is 1.48 bits per heavy atom. The van der Waals surface area contributed by atoms with Crippen molar-refractivity contribution in [2.24, 2.45) is 5.92 Å². The fourth-order valence-corrected chi connectivity index (χ4v) is 5.05. The Morgan fingerprint density at radius 3 is 2.31 bits per heavy atom. The smallest absolute Gasteiger partial charge is 0.0483 e. The minimum Gasteiger partial charge on any atom is -0.342 e. The second-order valence-corrected chi connectivity index (χ2v) is 8.60. The molecule has 0 atom stereocenters. The molecule has 5 rings (SSSR count). The predicted octanol–water partition coefficient (Wildman–Crippen LogP) is 4.83. The highest BCUT2D eigenvalue weighted by atomic mass is 35.5. The van der Waals surface area contributed by atoms with Gasteiger partial charge in [-0.05, 0) is 61.4 Å². The van der Waals surface area contributed by atoms with Gasteiger partial charge in [0.2, 0.25) is 0 Å². The van der Waals surface area contributed by atoms with Gasteiger partial charge in [-0.15, -0.1) is 12.4 Å². The molecule has 2 aromatic carbocycles. The van der Waals surface area contributed by atoms with E-state index in [1.54, 1.807) is 0 Å². The van der Waals surface area contributed by atoms with Crippen molar-refractivity contribution in [1.82, 2.24) is 14.4 Å². The summed E-state index contributed by atoms with van der Waals surface area (Å²) in [5.74, 6) is 0.865. The van der Waals surface area contributed by atoms with Crippen LogP contribution in [0.1, 0.15) is 24.1 Å². The summed E-state index contributed by atoms with van der Waals surface area (Å²) in [5.41, 5.74) is 4.39. The first-order chi connectivity index (χ1) is 13.8. The molecule has 1 aromatic heterocycles. The van der Waals surface area contributed by atoms with Gasteiger partial charge >= 0.3 is 0 Å². The number of benzene rings is 2. The van der Waals surface area contributed by atoms with Crippen molar-refractivity contribution in [3.8, 4) is 0 Å². The number of aromatic nitrogens is 1. The first kappa shape index (κ1) is 20.5. The number of likely N-dealkylation sites (tertiary alicyclic amines) is 1. The molecule has 0 radical (unpaired) electrons. The number of piperidine rings is 1. The molecule has 4 heteroatoms. The third-order valence-electron chi connectivity index (χ3n) is 6.73. The summed E-state index contributed by atoms with van der Waals surface area (Å²) in [6.07, 6.45) is 3.96. The molecule has 3 nitrogen and oxygen atoms in total. The molecule has 1 saturated heterocycles. The Hall–Kier alpha value is -1.81. The fourth-order valence-electron chi connectivity index (χ4n) is 5.05. The van der Waals surface area contributed by atoms with Gasteiger partial charge in [-0.3, -0.25) is 4.90 Å². The van der Waals surface area contributed by atoms with Crippen LogP contribution in [0.2, 0.25) is 0 Å². The Labute approximate surface area is 180 Å². The number of para-hydroxylation sites is 1. The SMILES string of the molecule is Cl.c1ccc(CC2CCN(CCN3CCn4c(cc5ccccc54)C3)CC2)cc1. The Kier molecular flexibility index (Phi) is 6.59. The van der Waals surface area contributed by atoms with Gasteiger partial charge in [0, 0.05) is 43.9 Å². The lowest BCUT2D eigenvalue weighted by Gasteiger charge is -2.35. The van der Waals surface area contributed by atoms with Crippen molar-refractivity contribution in [2.75, 3.05) is 32.7 Å². The minimum atomic E-state index is 0. The molecule has 0 saturated carbocycles. The van der Waals surface area contributed by atoms with Crippen molar-refractivity contribution in [3.63, 3.8) is 0 Å². The molecule has 0 bridgehead atoms. The minimum absolute atomic E-state index is 0. The quantitative estimate of drug-likeness (QED) is 0.597. The van der Waals surface area contributed by atoms with Crippen LogP contribution < -0.4 is 0 Å². The summed E-state index contributed by atoms with van der Waals surface area (Å²) in [5, 5.41) is 1.39. The van der Waals surface area contributed by atoms with Gasteiger partial charge in [-0.1, -0.05) is 48.5 Å². The molecular formula is C25H32ClN3. The van der Waals surface area contributed by atoms with Crippen LogP contribution in [0.5, 0.6) is 0 Å². The van der Waals surface area contributed by atoms with Crippen LogP contribution in [0.25, 0.3) is 10.9 Å². The van der Waals surface area contributed by atoms with Gasteiger partial charge in [0.1, 0.15) is 0 Å². The topological polar surface area (TPSA) is 11.4 Å². The maximum atomic E-state index is 2.69. The summed E-state index contributed by atoms with van der Waals surface area (Å²) in [4.78, 5) is 5.33. The fraction of sp³-hybridized carbons (Fsp3) is 0.440. The Bertz CT molecular complexity index is 912. The highest BCUT2D eigenvalue weighted by Crippen LogP contribution is 2.25. The van der Waals surface area contributed by atoms with Crippen molar-refractivity contribution < 1.29 is 0 Å². The lowest BCUT2D eigenvalue weighted by atomic mass is 9.90. The average Bonchev–Trinajstić information content (AvgIpc) is 3.12. The molecule has 3 aromatic rings. The van der Waals surface area contributed by atoms with Crippen molar-refractivity contribution in [2.45, 2.75) is 32.4 Å². The largest absolute Gasteiger partial charge is 0.342 e.